The van der Waals surface area contributed by atoms with E-state index in [0.717, 1.165) is 36.7 Å². The van der Waals surface area contributed by atoms with Crippen molar-refractivity contribution in [2.75, 3.05) is 11.5 Å². The molecule has 1 fully saturated rings. The molecule has 4 nitrogen and oxygen atoms in total. The van der Waals surface area contributed by atoms with Crippen molar-refractivity contribution >= 4 is 11.8 Å². The van der Waals surface area contributed by atoms with Gasteiger partial charge in [0.05, 0.1) is 0 Å². The van der Waals surface area contributed by atoms with Crippen LogP contribution in [0.2, 0.25) is 0 Å². The van der Waals surface area contributed by atoms with Crippen molar-refractivity contribution in [2.24, 2.45) is 5.73 Å². The van der Waals surface area contributed by atoms with E-state index in [-0.39, 0.29) is 6.04 Å². The van der Waals surface area contributed by atoms with Crippen LogP contribution < -0.4 is 5.73 Å². The third-order valence-corrected chi connectivity index (χ3v) is 3.89. The van der Waals surface area contributed by atoms with Crippen LogP contribution in [0.4, 0.5) is 0 Å². The topological polar surface area (TPSA) is 64.9 Å². The molecule has 1 aliphatic rings. The molecule has 84 valence electrons. The van der Waals surface area contributed by atoms with Gasteiger partial charge in [0.25, 0.3) is 0 Å². The fourth-order valence-electron chi connectivity index (χ4n) is 1.62. The maximum atomic E-state index is 5.84. The second-order valence-electron chi connectivity index (χ2n) is 3.98. The predicted molar refractivity (Wildman–Crippen MR) is 61.0 cm³/mol. The summed E-state index contributed by atoms with van der Waals surface area (Å²) in [5, 5.41) is 3.97. The number of aromatic nitrogens is 2. The summed E-state index contributed by atoms with van der Waals surface area (Å²) >= 11 is 1.95. The van der Waals surface area contributed by atoms with Gasteiger partial charge in [0.2, 0.25) is 5.89 Å². The summed E-state index contributed by atoms with van der Waals surface area (Å²) in [5.41, 5.74) is 5.84. The van der Waals surface area contributed by atoms with Crippen molar-refractivity contribution in [3.05, 3.63) is 11.7 Å². The molecule has 2 N–H and O–H groups in total. The zero-order valence-electron chi connectivity index (χ0n) is 8.98. The summed E-state index contributed by atoms with van der Waals surface area (Å²) in [6.45, 7) is 2.07. The van der Waals surface area contributed by atoms with Gasteiger partial charge in [0.1, 0.15) is 0 Å². The van der Waals surface area contributed by atoms with Crippen LogP contribution in [-0.4, -0.2) is 27.7 Å². The Balaban J connectivity index is 1.97. The van der Waals surface area contributed by atoms with Crippen LogP contribution in [-0.2, 0) is 6.42 Å². The van der Waals surface area contributed by atoms with E-state index < -0.39 is 0 Å². The number of thioether (sulfide) groups is 1. The molecule has 2 unspecified atom stereocenters. The number of nitrogens with zero attached hydrogens (tertiary/aromatic N) is 2. The van der Waals surface area contributed by atoms with Crippen LogP contribution in [0.25, 0.3) is 0 Å². The molecule has 1 aromatic heterocycles. The molecule has 2 rings (SSSR count). The van der Waals surface area contributed by atoms with Crippen LogP contribution in [0.1, 0.15) is 37.4 Å². The van der Waals surface area contributed by atoms with Gasteiger partial charge in [-0.25, -0.2) is 0 Å². The second kappa shape index (κ2) is 4.99. The first-order valence-corrected chi connectivity index (χ1v) is 6.61. The van der Waals surface area contributed by atoms with Crippen molar-refractivity contribution < 1.29 is 4.52 Å². The smallest absolute Gasteiger partial charge is 0.230 e. The highest BCUT2D eigenvalue weighted by atomic mass is 32.2. The van der Waals surface area contributed by atoms with E-state index in [2.05, 4.69) is 17.1 Å². The Kier molecular flexibility index (Phi) is 3.64. The molecule has 0 radical (unpaired) electrons. The first-order chi connectivity index (χ1) is 7.29. The Labute approximate surface area is 94.0 Å². The average molecular weight is 227 g/mol. The van der Waals surface area contributed by atoms with Crippen LogP contribution in [0.5, 0.6) is 0 Å². The molecule has 0 bridgehead atoms. The molecule has 0 spiro atoms. The SMILES string of the molecule is CCC(N)Cc1noc(C2CCSC2)n1. The predicted octanol–water partition coefficient (Wildman–Crippen LogP) is 1.57. The number of rotatable bonds is 4. The molecule has 0 aliphatic carbocycles. The van der Waals surface area contributed by atoms with Gasteiger partial charge in [0.15, 0.2) is 5.82 Å². The summed E-state index contributed by atoms with van der Waals surface area (Å²) in [7, 11) is 0. The lowest BCUT2D eigenvalue weighted by molar-refractivity contribution is 0.355. The molecule has 1 saturated heterocycles. The summed E-state index contributed by atoms with van der Waals surface area (Å²) in [6, 6.07) is 0.147. The van der Waals surface area contributed by atoms with Crippen LogP contribution in [0.15, 0.2) is 4.52 Å². The molecule has 2 atom stereocenters. The largest absolute Gasteiger partial charge is 0.339 e. The van der Waals surface area contributed by atoms with Gasteiger partial charge in [-0.15, -0.1) is 0 Å². The summed E-state index contributed by atoms with van der Waals surface area (Å²) in [4.78, 5) is 4.41. The monoisotopic (exact) mass is 227 g/mol. The Morgan fingerprint density at radius 1 is 1.67 bits per heavy atom. The van der Waals surface area contributed by atoms with Crippen LogP contribution in [0, 0.1) is 0 Å². The fraction of sp³-hybridized carbons (Fsp3) is 0.800. The summed E-state index contributed by atoms with van der Waals surface area (Å²) in [6.07, 6.45) is 2.83. The maximum Gasteiger partial charge on any atom is 0.230 e. The summed E-state index contributed by atoms with van der Waals surface area (Å²) in [5.74, 6) is 4.35. The summed E-state index contributed by atoms with van der Waals surface area (Å²) < 4.78 is 5.26. The number of hydrogen-bond acceptors (Lipinski definition) is 5. The quantitative estimate of drug-likeness (QED) is 0.845. The molecule has 15 heavy (non-hydrogen) atoms. The highest BCUT2D eigenvalue weighted by Gasteiger charge is 2.23. The van der Waals surface area contributed by atoms with E-state index in [1.54, 1.807) is 0 Å². The van der Waals surface area contributed by atoms with Crippen molar-refractivity contribution in [1.29, 1.82) is 0 Å². The van der Waals surface area contributed by atoms with Gasteiger partial charge in [-0.05, 0) is 18.6 Å². The zero-order chi connectivity index (χ0) is 10.7. The molecule has 0 amide bonds. The van der Waals surface area contributed by atoms with E-state index >= 15 is 0 Å². The minimum atomic E-state index is 0.147. The van der Waals surface area contributed by atoms with Gasteiger partial charge in [-0.1, -0.05) is 12.1 Å². The van der Waals surface area contributed by atoms with Gasteiger partial charge in [-0.2, -0.15) is 16.7 Å². The second-order valence-corrected chi connectivity index (χ2v) is 5.13. The standard InChI is InChI=1S/C10H17N3OS/c1-2-8(11)5-9-12-10(14-13-9)7-3-4-15-6-7/h7-8H,2-6,11H2,1H3. The van der Waals surface area contributed by atoms with Crippen molar-refractivity contribution in [1.82, 2.24) is 10.1 Å². The lowest BCUT2D eigenvalue weighted by Crippen LogP contribution is -2.22. The van der Waals surface area contributed by atoms with Gasteiger partial charge in [-0.3, -0.25) is 0 Å². The van der Waals surface area contributed by atoms with E-state index in [1.807, 2.05) is 11.8 Å². The molecule has 0 saturated carbocycles. The Bertz CT molecular complexity index is 309. The van der Waals surface area contributed by atoms with Crippen LogP contribution in [0.3, 0.4) is 0 Å². The molecule has 1 aromatic rings. The Morgan fingerprint density at radius 3 is 3.20 bits per heavy atom. The molecular formula is C10H17N3OS. The first kappa shape index (κ1) is 11.0. The number of hydrogen-bond donors (Lipinski definition) is 1. The fourth-order valence-corrected chi connectivity index (χ4v) is 2.84. The molecule has 2 heterocycles. The molecule has 5 heteroatoms. The lowest BCUT2D eigenvalue weighted by Gasteiger charge is -2.03. The maximum absolute atomic E-state index is 5.84. The van der Waals surface area contributed by atoms with Crippen molar-refractivity contribution in [2.45, 2.75) is 38.1 Å². The lowest BCUT2D eigenvalue weighted by atomic mass is 10.1. The molecule has 1 aliphatic heterocycles. The van der Waals surface area contributed by atoms with E-state index in [4.69, 9.17) is 10.3 Å². The first-order valence-electron chi connectivity index (χ1n) is 5.45. The average Bonchev–Trinajstić information content (AvgIpc) is 2.85. The van der Waals surface area contributed by atoms with E-state index in [0.29, 0.717) is 5.92 Å². The minimum absolute atomic E-state index is 0.147. The van der Waals surface area contributed by atoms with E-state index in [9.17, 15) is 0 Å². The highest BCUT2D eigenvalue weighted by Crippen LogP contribution is 2.31. The third-order valence-electron chi connectivity index (χ3n) is 2.73. The Hall–Kier alpha value is -0.550. The van der Waals surface area contributed by atoms with Gasteiger partial charge in [0, 0.05) is 24.1 Å². The number of nitrogens with two attached hydrogens (primary N) is 1. The van der Waals surface area contributed by atoms with Gasteiger partial charge < -0.3 is 10.3 Å². The van der Waals surface area contributed by atoms with Crippen molar-refractivity contribution in [3.63, 3.8) is 0 Å². The zero-order valence-corrected chi connectivity index (χ0v) is 9.80. The minimum Gasteiger partial charge on any atom is -0.339 e. The van der Waals surface area contributed by atoms with E-state index in [1.165, 1.54) is 5.75 Å². The third kappa shape index (κ3) is 2.72. The molecule has 0 aromatic carbocycles. The van der Waals surface area contributed by atoms with Gasteiger partial charge >= 0.3 is 0 Å². The normalized spacial score (nSPS) is 23.2. The molecular weight excluding hydrogens is 210 g/mol. The Morgan fingerprint density at radius 2 is 2.53 bits per heavy atom. The van der Waals surface area contributed by atoms with Crippen molar-refractivity contribution in [3.8, 4) is 0 Å². The highest BCUT2D eigenvalue weighted by molar-refractivity contribution is 7.99. The van der Waals surface area contributed by atoms with Crippen LogP contribution >= 0.6 is 11.8 Å².